The molecule has 0 bridgehead atoms. The number of nitrogens with one attached hydrogen (secondary N) is 2. The highest BCUT2D eigenvalue weighted by atomic mass is 16.5. The fourth-order valence-corrected chi connectivity index (χ4v) is 4.27. The third-order valence-electron chi connectivity index (χ3n) is 5.74. The summed E-state index contributed by atoms with van der Waals surface area (Å²) >= 11 is 0. The Morgan fingerprint density at radius 2 is 1.96 bits per heavy atom. The Balaban J connectivity index is 1.58. The van der Waals surface area contributed by atoms with Crippen molar-refractivity contribution in [2.75, 3.05) is 47.4 Å². The number of aliphatic imine (C=N–C) groups is 1. The van der Waals surface area contributed by atoms with Crippen molar-refractivity contribution in [1.29, 1.82) is 0 Å². The van der Waals surface area contributed by atoms with E-state index in [4.69, 9.17) is 9.47 Å². The Morgan fingerprint density at radius 1 is 1.19 bits per heavy atom. The summed E-state index contributed by atoms with van der Waals surface area (Å²) in [6.07, 6.45) is 5.07. The minimum Gasteiger partial charge on any atom is -0.497 e. The van der Waals surface area contributed by atoms with Gasteiger partial charge in [0, 0.05) is 32.8 Å². The molecule has 6 nitrogen and oxygen atoms in total. The minimum atomic E-state index is 0.316. The van der Waals surface area contributed by atoms with E-state index < -0.39 is 0 Å². The summed E-state index contributed by atoms with van der Waals surface area (Å²) in [5, 5.41) is 6.95. The van der Waals surface area contributed by atoms with Gasteiger partial charge in [0.25, 0.3) is 0 Å². The second-order valence-electron chi connectivity index (χ2n) is 7.57. The Bertz CT molecular complexity index is 599. The smallest absolute Gasteiger partial charge is 0.191 e. The van der Waals surface area contributed by atoms with Crippen molar-refractivity contribution in [2.45, 2.75) is 37.8 Å². The van der Waals surface area contributed by atoms with Gasteiger partial charge in [0.2, 0.25) is 0 Å². The molecule has 3 unspecified atom stereocenters. The topological polar surface area (TPSA) is 58.1 Å². The van der Waals surface area contributed by atoms with Crippen LogP contribution in [-0.2, 0) is 4.74 Å². The highest BCUT2D eigenvalue weighted by Gasteiger charge is 2.30. The number of methoxy groups -OCH3 is 1. The highest BCUT2D eigenvalue weighted by Crippen LogP contribution is 2.35. The zero-order chi connectivity index (χ0) is 19.1. The van der Waals surface area contributed by atoms with E-state index in [2.05, 4.69) is 51.8 Å². The second kappa shape index (κ2) is 9.95. The molecule has 27 heavy (non-hydrogen) atoms. The number of rotatable bonds is 6. The van der Waals surface area contributed by atoms with Gasteiger partial charge >= 0.3 is 0 Å². The van der Waals surface area contributed by atoms with Crippen molar-refractivity contribution in [1.82, 2.24) is 15.5 Å². The van der Waals surface area contributed by atoms with E-state index in [1.54, 1.807) is 7.11 Å². The molecule has 3 rings (SSSR count). The molecule has 0 amide bonds. The molecule has 2 aliphatic rings. The zero-order valence-corrected chi connectivity index (χ0v) is 16.9. The SMILES string of the molecule is CN=C(NCC1CCCO1)NCC1CCCN(C)C1c1ccc(OC)cc1. The van der Waals surface area contributed by atoms with E-state index in [1.165, 1.54) is 18.4 Å². The third-order valence-corrected chi connectivity index (χ3v) is 5.74. The molecule has 2 aliphatic heterocycles. The van der Waals surface area contributed by atoms with Gasteiger partial charge in [-0.1, -0.05) is 12.1 Å². The quantitative estimate of drug-likeness (QED) is 0.592. The van der Waals surface area contributed by atoms with E-state index in [1.807, 2.05) is 7.05 Å². The van der Waals surface area contributed by atoms with E-state index >= 15 is 0 Å². The molecule has 150 valence electrons. The van der Waals surface area contributed by atoms with Crippen LogP contribution in [0.25, 0.3) is 0 Å². The van der Waals surface area contributed by atoms with E-state index in [9.17, 15) is 0 Å². The molecule has 6 heteroatoms. The molecule has 2 N–H and O–H groups in total. The Hall–Kier alpha value is -1.79. The van der Waals surface area contributed by atoms with Crippen LogP contribution in [0.5, 0.6) is 5.75 Å². The lowest BCUT2D eigenvalue weighted by Crippen LogP contribution is -2.46. The molecule has 0 saturated carbocycles. The summed E-state index contributed by atoms with van der Waals surface area (Å²) in [4.78, 5) is 6.85. The first-order valence-electron chi connectivity index (χ1n) is 10.1. The predicted octanol–water partition coefficient (Wildman–Crippen LogP) is 2.42. The van der Waals surface area contributed by atoms with Crippen LogP contribution in [0, 0.1) is 5.92 Å². The van der Waals surface area contributed by atoms with Gasteiger partial charge in [-0.15, -0.1) is 0 Å². The first kappa shape index (κ1) is 20.0. The van der Waals surface area contributed by atoms with Gasteiger partial charge in [-0.25, -0.2) is 0 Å². The summed E-state index contributed by atoms with van der Waals surface area (Å²) in [6.45, 7) is 3.76. The predicted molar refractivity (Wildman–Crippen MR) is 109 cm³/mol. The third kappa shape index (κ3) is 5.36. The maximum absolute atomic E-state index is 5.69. The lowest BCUT2D eigenvalue weighted by atomic mass is 9.85. The van der Waals surface area contributed by atoms with Crippen molar-refractivity contribution in [3.05, 3.63) is 29.8 Å². The Labute approximate surface area is 163 Å². The molecule has 0 aromatic heterocycles. The van der Waals surface area contributed by atoms with Crippen LogP contribution >= 0.6 is 0 Å². The number of ether oxygens (including phenoxy) is 2. The molecular formula is C21H34N4O2. The first-order valence-corrected chi connectivity index (χ1v) is 10.1. The lowest BCUT2D eigenvalue weighted by molar-refractivity contribution is 0.113. The maximum Gasteiger partial charge on any atom is 0.191 e. The molecule has 1 aromatic carbocycles. The molecule has 3 atom stereocenters. The van der Waals surface area contributed by atoms with Gasteiger partial charge in [-0.05, 0) is 62.9 Å². The van der Waals surface area contributed by atoms with Crippen LogP contribution in [0.15, 0.2) is 29.3 Å². The van der Waals surface area contributed by atoms with Gasteiger partial charge < -0.3 is 20.1 Å². The Kier molecular flexibility index (Phi) is 7.35. The fraction of sp³-hybridized carbons (Fsp3) is 0.667. The highest BCUT2D eigenvalue weighted by molar-refractivity contribution is 5.79. The molecule has 0 radical (unpaired) electrons. The van der Waals surface area contributed by atoms with E-state index in [0.29, 0.717) is 18.1 Å². The summed E-state index contributed by atoms with van der Waals surface area (Å²) in [7, 11) is 5.77. The molecule has 2 fully saturated rings. The van der Waals surface area contributed by atoms with E-state index in [0.717, 1.165) is 50.8 Å². The van der Waals surface area contributed by atoms with Gasteiger partial charge in [0.05, 0.1) is 13.2 Å². The summed E-state index contributed by atoms with van der Waals surface area (Å²) < 4.78 is 11.0. The minimum absolute atomic E-state index is 0.316. The maximum atomic E-state index is 5.69. The van der Waals surface area contributed by atoms with Crippen LogP contribution in [-0.4, -0.2) is 64.4 Å². The molecule has 2 heterocycles. The average molecular weight is 375 g/mol. The van der Waals surface area contributed by atoms with Crippen LogP contribution in [0.2, 0.25) is 0 Å². The van der Waals surface area contributed by atoms with Crippen molar-refractivity contribution >= 4 is 5.96 Å². The zero-order valence-electron chi connectivity index (χ0n) is 16.9. The number of likely N-dealkylation sites (tertiary alicyclic amines) is 1. The normalized spacial score (nSPS) is 26.8. The molecular weight excluding hydrogens is 340 g/mol. The molecule has 2 saturated heterocycles. The van der Waals surface area contributed by atoms with E-state index in [-0.39, 0.29) is 0 Å². The number of nitrogens with zero attached hydrogens (tertiary/aromatic N) is 2. The van der Waals surface area contributed by atoms with Gasteiger partial charge in [0.15, 0.2) is 5.96 Å². The fourth-order valence-electron chi connectivity index (χ4n) is 4.27. The van der Waals surface area contributed by atoms with Crippen molar-refractivity contribution < 1.29 is 9.47 Å². The number of hydrogen-bond acceptors (Lipinski definition) is 4. The first-order chi connectivity index (χ1) is 13.2. The van der Waals surface area contributed by atoms with Crippen molar-refractivity contribution in [2.24, 2.45) is 10.9 Å². The molecule has 0 spiro atoms. The summed E-state index contributed by atoms with van der Waals surface area (Å²) in [5.41, 5.74) is 1.35. The van der Waals surface area contributed by atoms with Gasteiger partial charge in [-0.3, -0.25) is 9.89 Å². The lowest BCUT2D eigenvalue weighted by Gasteiger charge is -2.40. The Morgan fingerprint density at radius 3 is 2.63 bits per heavy atom. The van der Waals surface area contributed by atoms with Crippen molar-refractivity contribution in [3.8, 4) is 5.75 Å². The largest absolute Gasteiger partial charge is 0.497 e. The van der Waals surface area contributed by atoms with Gasteiger partial charge in [-0.2, -0.15) is 0 Å². The van der Waals surface area contributed by atoms with Crippen LogP contribution in [0.1, 0.15) is 37.3 Å². The number of benzene rings is 1. The monoisotopic (exact) mass is 374 g/mol. The summed E-state index contributed by atoms with van der Waals surface area (Å²) in [6, 6.07) is 8.92. The van der Waals surface area contributed by atoms with Crippen LogP contribution in [0.3, 0.4) is 0 Å². The molecule has 0 aliphatic carbocycles. The number of piperidine rings is 1. The van der Waals surface area contributed by atoms with Crippen molar-refractivity contribution in [3.63, 3.8) is 0 Å². The average Bonchev–Trinajstić information content (AvgIpc) is 3.22. The number of hydrogen-bond donors (Lipinski definition) is 2. The standard InChI is InChI=1S/C21H34N4O2/c1-22-21(24-15-19-7-5-13-27-19)23-14-17-6-4-12-25(2)20(17)16-8-10-18(26-3)11-9-16/h8-11,17,19-20H,4-7,12-15H2,1-3H3,(H2,22,23,24). The number of guanidine groups is 1. The van der Waals surface area contributed by atoms with Crippen LogP contribution < -0.4 is 15.4 Å². The molecule has 1 aromatic rings. The second-order valence-corrected chi connectivity index (χ2v) is 7.57. The van der Waals surface area contributed by atoms with Crippen LogP contribution in [0.4, 0.5) is 0 Å². The summed E-state index contributed by atoms with van der Waals surface area (Å²) in [5.74, 6) is 2.32. The van der Waals surface area contributed by atoms with Gasteiger partial charge in [0.1, 0.15) is 5.75 Å².